The lowest BCUT2D eigenvalue weighted by Gasteiger charge is -2.17. The lowest BCUT2D eigenvalue weighted by atomic mass is 9.91. The van der Waals surface area contributed by atoms with Gasteiger partial charge in [0, 0.05) is 30.6 Å². The van der Waals surface area contributed by atoms with Gasteiger partial charge >= 0.3 is 0 Å². The van der Waals surface area contributed by atoms with Gasteiger partial charge in [-0.05, 0) is 37.6 Å². The summed E-state index contributed by atoms with van der Waals surface area (Å²) in [6.07, 6.45) is 6.22. The number of nitrogens with zero attached hydrogens (tertiary/aromatic N) is 4. The van der Waals surface area contributed by atoms with Gasteiger partial charge in [0.05, 0.1) is 16.6 Å². The molecule has 7 nitrogen and oxygen atoms in total. The maximum Gasteiger partial charge on any atom is 0.269 e. The number of benzene rings is 1. The zero-order chi connectivity index (χ0) is 20.2. The zero-order valence-electron chi connectivity index (χ0n) is 16.4. The second-order valence-corrected chi connectivity index (χ2v) is 9.52. The summed E-state index contributed by atoms with van der Waals surface area (Å²) in [5.74, 6) is 0.883. The number of nitrogens with one attached hydrogen (secondary N) is 1. The lowest BCUT2D eigenvalue weighted by molar-refractivity contribution is 0.493. The van der Waals surface area contributed by atoms with Gasteiger partial charge in [0.2, 0.25) is 0 Å². The second-order valence-electron chi connectivity index (χ2n) is 7.71. The molecule has 1 fully saturated rings. The predicted octanol–water partition coefficient (Wildman–Crippen LogP) is 2.94. The molecule has 0 radical (unpaired) electrons. The van der Waals surface area contributed by atoms with E-state index in [9.17, 15) is 8.42 Å². The minimum atomic E-state index is -3.73. The van der Waals surface area contributed by atoms with Crippen molar-refractivity contribution in [2.75, 3.05) is 13.1 Å². The van der Waals surface area contributed by atoms with Gasteiger partial charge in [-0.2, -0.15) is 0 Å². The molecule has 0 amide bonds. The Bertz CT molecular complexity index is 1300. The topological polar surface area (TPSA) is 81.3 Å². The van der Waals surface area contributed by atoms with Gasteiger partial charge in [0.15, 0.2) is 11.3 Å². The Morgan fingerprint density at radius 2 is 1.90 bits per heavy atom. The normalized spacial score (nSPS) is 20.1. The molecule has 0 spiro atoms. The van der Waals surface area contributed by atoms with E-state index in [1.807, 2.05) is 19.2 Å². The second kappa shape index (κ2) is 6.67. The first-order chi connectivity index (χ1) is 14.0. The van der Waals surface area contributed by atoms with Crippen molar-refractivity contribution in [2.45, 2.75) is 31.1 Å². The Morgan fingerprint density at radius 1 is 1.10 bits per heavy atom. The Labute approximate surface area is 169 Å². The standard InChI is InChI=1S/C21H23N5O2S/c1-3-15-10-22-11-17(15)19-12-23-20-13-24-21-18(26(19)20)8-9-25(21)29(27,28)16-6-4-14(2)5-7-16/h4-9,12-13,15,17,22H,3,10-11H2,1-2H3/t15-,17+/m0/s1. The average molecular weight is 410 g/mol. The predicted molar refractivity (Wildman–Crippen MR) is 112 cm³/mol. The molecule has 1 aromatic carbocycles. The van der Waals surface area contributed by atoms with Crippen molar-refractivity contribution in [3.05, 3.63) is 60.2 Å². The quantitative estimate of drug-likeness (QED) is 0.560. The van der Waals surface area contributed by atoms with Crippen LogP contribution in [0.1, 0.15) is 30.5 Å². The van der Waals surface area contributed by atoms with Crippen LogP contribution in [0.2, 0.25) is 0 Å². The van der Waals surface area contributed by atoms with Crippen LogP contribution in [0.5, 0.6) is 0 Å². The lowest BCUT2D eigenvalue weighted by Crippen LogP contribution is -2.14. The van der Waals surface area contributed by atoms with E-state index in [1.165, 1.54) is 3.97 Å². The fraction of sp³-hybridized carbons (Fsp3) is 0.333. The van der Waals surface area contributed by atoms with E-state index in [4.69, 9.17) is 0 Å². The summed E-state index contributed by atoms with van der Waals surface area (Å²) in [5.41, 5.74) is 4.03. The first kappa shape index (κ1) is 18.3. The number of imidazole rings is 1. The molecule has 1 N–H and O–H groups in total. The summed E-state index contributed by atoms with van der Waals surface area (Å²) in [7, 11) is -3.73. The number of hydrogen-bond donors (Lipinski definition) is 1. The highest BCUT2D eigenvalue weighted by atomic mass is 32.2. The minimum Gasteiger partial charge on any atom is -0.316 e. The fourth-order valence-electron chi connectivity index (χ4n) is 4.33. The Hall–Kier alpha value is -2.71. The van der Waals surface area contributed by atoms with E-state index < -0.39 is 10.0 Å². The van der Waals surface area contributed by atoms with Crippen LogP contribution >= 0.6 is 0 Å². The van der Waals surface area contributed by atoms with Crippen molar-refractivity contribution >= 4 is 26.8 Å². The van der Waals surface area contributed by atoms with Gasteiger partial charge < -0.3 is 5.32 Å². The molecule has 1 saturated heterocycles. The van der Waals surface area contributed by atoms with Crippen molar-refractivity contribution in [3.63, 3.8) is 0 Å². The van der Waals surface area contributed by atoms with E-state index in [1.54, 1.807) is 36.7 Å². The third kappa shape index (κ3) is 2.78. The molecular weight excluding hydrogens is 386 g/mol. The summed E-state index contributed by atoms with van der Waals surface area (Å²) < 4.78 is 29.8. The molecule has 1 aliphatic heterocycles. The van der Waals surface area contributed by atoms with E-state index in [-0.39, 0.29) is 4.90 Å². The molecule has 0 unspecified atom stereocenters. The molecule has 0 bridgehead atoms. The van der Waals surface area contributed by atoms with Crippen LogP contribution in [0, 0.1) is 12.8 Å². The summed E-state index contributed by atoms with van der Waals surface area (Å²) in [5, 5.41) is 3.47. The van der Waals surface area contributed by atoms with Crippen LogP contribution in [0.15, 0.2) is 53.8 Å². The third-order valence-corrected chi connectivity index (χ3v) is 7.67. The first-order valence-corrected chi connectivity index (χ1v) is 11.3. The molecule has 4 heterocycles. The molecule has 2 atom stereocenters. The minimum absolute atomic E-state index is 0.249. The van der Waals surface area contributed by atoms with Gasteiger partial charge in [-0.1, -0.05) is 31.0 Å². The van der Waals surface area contributed by atoms with Gasteiger partial charge in [-0.25, -0.2) is 22.4 Å². The smallest absolute Gasteiger partial charge is 0.269 e. The monoisotopic (exact) mass is 409 g/mol. The Kier molecular flexibility index (Phi) is 4.22. The number of aromatic nitrogens is 4. The summed E-state index contributed by atoms with van der Waals surface area (Å²) in [6, 6.07) is 8.68. The van der Waals surface area contributed by atoms with Crippen LogP contribution in [-0.2, 0) is 10.0 Å². The molecule has 0 aliphatic carbocycles. The van der Waals surface area contributed by atoms with Gasteiger partial charge in [0.1, 0.15) is 0 Å². The van der Waals surface area contributed by atoms with E-state index >= 15 is 0 Å². The number of rotatable bonds is 4. The van der Waals surface area contributed by atoms with Crippen LogP contribution in [-0.4, -0.2) is 39.8 Å². The number of fused-ring (bicyclic) bond motifs is 3. The number of hydrogen-bond acceptors (Lipinski definition) is 5. The highest BCUT2D eigenvalue weighted by molar-refractivity contribution is 7.90. The Morgan fingerprint density at radius 3 is 2.66 bits per heavy atom. The fourth-order valence-corrected chi connectivity index (χ4v) is 5.63. The maximum atomic E-state index is 13.2. The van der Waals surface area contributed by atoms with Crippen molar-refractivity contribution in [3.8, 4) is 0 Å². The summed E-state index contributed by atoms with van der Waals surface area (Å²) in [4.78, 5) is 9.23. The summed E-state index contributed by atoms with van der Waals surface area (Å²) >= 11 is 0. The van der Waals surface area contributed by atoms with Crippen LogP contribution in [0.3, 0.4) is 0 Å². The van der Waals surface area contributed by atoms with Gasteiger partial charge in [-0.15, -0.1) is 0 Å². The van der Waals surface area contributed by atoms with Crippen molar-refractivity contribution in [1.29, 1.82) is 0 Å². The zero-order valence-corrected chi connectivity index (χ0v) is 17.2. The molecular formula is C21H23N5O2S. The van der Waals surface area contributed by atoms with Crippen LogP contribution in [0.25, 0.3) is 16.8 Å². The molecule has 5 rings (SSSR count). The Balaban J connectivity index is 1.70. The number of aryl methyl sites for hydroxylation is 1. The summed E-state index contributed by atoms with van der Waals surface area (Å²) in [6.45, 7) is 6.03. The third-order valence-electron chi connectivity index (χ3n) is 5.99. The maximum absolute atomic E-state index is 13.2. The van der Waals surface area contributed by atoms with Gasteiger partial charge in [0.25, 0.3) is 10.0 Å². The van der Waals surface area contributed by atoms with E-state index in [2.05, 4.69) is 26.6 Å². The highest BCUT2D eigenvalue weighted by Gasteiger charge is 2.30. The molecule has 0 saturated carbocycles. The highest BCUT2D eigenvalue weighted by Crippen LogP contribution is 2.32. The molecule has 8 heteroatoms. The van der Waals surface area contributed by atoms with Crippen LogP contribution < -0.4 is 5.32 Å². The molecule has 1 aliphatic rings. The SMILES string of the molecule is CC[C@H]1CNC[C@H]1c1cnc2cnc3c(ccn3S(=O)(=O)c3ccc(C)cc3)n12. The van der Waals surface area contributed by atoms with Crippen molar-refractivity contribution in [1.82, 2.24) is 23.7 Å². The molecule has 4 aromatic rings. The first-order valence-electron chi connectivity index (χ1n) is 9.87. The molecule has 29 heavy (non-hydrogen) atoms. The van der Waals surface area contributed by atoms with Crippen molar-refractivity contribution in [2.24, 2.45) is 5.92 Å². The molecule has 3 aromatic heterocycles. The molecule has 150 valence electrons. The van der Waals surface area contributed by atoms with Crippen molar-refractivity contribution < 1.29 is 8.42 Å². The van der Waals surface area contributed by atoms with Gasteiger partial charge in [-0.3, -0.25) is 4.40 Å². The largest absolute Gasteiger partial charge is 0.316 e. The average Bonchev–Trinajstić information content (AvgIpc) is 3.44. The van der Waals surface area contributed by atoms with Crippen LogP contribution in [0.4, 0.5) is 0 Å². The van der Waals surface area contributed by atoms with E-state index in [0.29, 0.717) is 17.5 Å². The van der Waals surface area contributed by atoms with E-state index in [0.717, 1.165) is 41.9 Å².